The van der Waals surface area contributed by atoms with E-state index in [0.717, 1.165) is 13.1 Å². The van der Waals surface area contributed by atoms with E-state index in [4.69, 9.17) is 0 Å². The molecule has 1 aromatic rings. The molecule has 0 bridgehead atoms. The van der Waals surface area contributed by atoms with Crippen LogP contribution in [-0.4, -0.2) is 30.1 Å². The highest BCUT2D eigenvalue weighted by molar-refractivity contribution is 5.29. The fourth-order valence-corrected chi connectivity index (χ4v) is 2.95. The van der Waals surface area contributed by atoms with Crippen LogP contribution in [0.1, 0.15) is 44.7 Å². The predicted molar refractivity (Wildman–Crippen MR) is 82.4 cm³/mol. The lowest BCUT2D eigenvalue weighted by molar-refractivity contribution is 0.163. The van der Waals surface area contributed by atoms with Gasteiger partial charge in [-0.2, -0.15) is 0 Å². The third-order valence-electron chi connectivity index (χ3n) is 4.06. The van der Waals surface area contributed by atoms with Gasteiger partial charge in [0.05, 0.1) is 0 Å². The molecule has 2 rings (SSSR count). The van der Waals surface area contributed by atoms with Gasteiger partial charge in [-0.1, -0.05) is 51.5 Å². The zero-order valence-corrected chi connectivity index (χ0v) is 12.7. The number of nitrogens with one attached hydrogen (secondary N) is 1. The Hall–Kier alpha value is -0.860. The van der Waals surface area contributed by atoms with Crippen LogP contribution in [0.3, 0.4) is 0 Å². The van der Waals surface area contributed by atoms with E-state index in [-0.39, 0.29) is 0 Å². The highest BCUT2D eigenvalue weighted by atomic mass is 15.2. The van der Waals surface area contributed by atoms with Crippen LogP contribution in [0.5, 0.6) is 0 Å². The van der Waals surface area contributed by atoms with Gasteiger partial charge in [0.2, 0.25) is 0 Å². The Balaban J connectivity index is 1.99. The fraction of sp³-hybridized carbons (Fsp3) is 0.647. The molecular weight excluding hydrogens is 232 g/mol. The molecule has 2 heteroatoms. The second kappa shape index (κ2) is 7.06. The summed E-state index contributed by atoms with van der Waals surface area (Å²) in [6.45, 7) is 10.2. The first-order valence-electron chi connectivity index (χ1n) is 7.75. The molecule has 1 heterocycles. The maximum atomic E-state index is 3.61. The topological polar surface area (TPSA) is 15.3 Å². The summed E-state index contributed by atoms with van der Waals surface area (Å²) in [5, 5.41) is 3.61. The van der Waals surface area contributed by atoms with Gasteiger partial charge in [-0.05, 0) is 24.0 Å². The molecular formula is C17H28N2. The number of hydrogen-bond donors (Lipinski definition) is 1. The first-order valence-corrected chi connectivity index (χ1v) is 7.75. The van der Waals surface area contributed by atoms with Gasteiger partial charge in [0.1, 0.15) is 0 Å². The molecule has 0 aliphatic carbocycles. The quantitative estimate of drug-likeness (QED) is 0.845. The van der Waals surface area contributed by atoms with Crippen LogP contribution in [0.15, 0.2) is 24.3 Å². The predicted octanol–water partition coefficient (Wildman–Crippen LogP) is 3.21. The molecule has 0 spiro atoms. The summed E-state index contributed by atoms with van der Waals surface area (Å²) in [6.07, 6.45) is 3.77. The summed E-state index contributed by atoms with van der Waals surface area (Å²) < 4.78 is 0. The molecule has 0 saturated heterocycles. The molecule has 1 aliphatic heterocycles. The van der Waals surface area contributed by atoms with Crippen LogP contribution in [0, 0.1) is 0 Å². The fourth-order valence-electron chi connectivity index (χ4n) is 2.95. The number of fused-ring (bicyclic) bond motifs is 1. The molecule has 19 heavy (non-hydrogen) atoms. The van der Waals surface area contributed by atoms with E-state index in [1.165, 1.54) is 31.4 Å². The highest BCUT2D eigenvalue weighted by Gasteiger charge is 2.22. The summed E-state index contributed by atoms with van der Waals surface area (Å²) in [5.74, 6) is 0. The van der Waals surface area contributed by atoms with Crippen molar-refractivity contribution in [3.63, 3.8) is 0 Å². The maximum Gasteiger partial charge on any atom is 0.0240 e. The average Bonchev–Trinajstić information content (AvgIpc) is 2.42. The van der Waals surface area contributed by atoms with Crippen LogP contribution < -0.4 is 5.32 Å². The van der Waals surface area contributed by atoms with E-state index in [0.29, 0.717) is 12.1 Å². The third-order valence-corrected chi connectivity index (χ3v) is 4.06. The number of nitrogens with zero attached hydrogens (tertiary/aromatic N) is 1. The summed E-state index contributed by atoms with van der Waals surface area (Å²) in [4.78, 5) is 2.67. The van der Waals surface area contributed by atoms with Crippen molar-refractivity contribution in [1.29, 1.82) is 0 Å². The Labute approximate surface area is 118 Å². The molecule has 0 radical (unpaired) electrons. The Morgan fingerprint density at radius 1 is 1.21 bits per heavy atom. The molecule has 2 nitrogen and oxygen atoms in total. The molecule has 1 aliphatic rings. The molecule has 1 N–H and O–H groups in total. The standard InChI is InChI=1S/C17H28N2/c1-4-7-17(12-18-14(2)3)19-11-10-15-8-5-6-9-16(15)13-19/h5-6,8-9,14,17-18H,4,7,10-13H2,1-3H3. The van der Waals surface area contributed by atoms with Crippen molar-refractivity contribution in [3.05, 3.63) is 35.4 Å². The van der Waals surface area contributed by atoms with E-state index in [1.54, 1.807) is 5.56 Å². The second-order valence-electron chi connectivity index (χ2n) is 5.99. The van der Waals surface area contributed by atoms with E-state index in [2.05, 4.69) is 55.3 Å². The summed E-state index contributed by atoms with van der Waals surface area (Å²) >= 11 is 0. The Bertz CT molecular complexity index is 387. The minimum Gasteiger partial charge on any atom is -0.313 e. The lowest BCUT2D eigenvalue weighted by Gasteiger charge is -2.36. The van der Waals surface area contributed by atoms with Crippen molar-refractivity contribution in [2.24, 2.45) is 0 Å². The van der Waals surface area contributed by atoms with Gasteiger partial charge in [0.25, 0.3) is 0 Å². The molecule has 106 valence electrons. The summed E-state index contributed by atoms with van der Waals surface area (Å²) in [6, 6.07) is 10.2. The van der Waals surface area contributed by atoms with Gasteiger partial charge in [-0.25, -0.2) is 0 Å². The monoisotopic (exact) mass is 260 g/mol. The SMILES string of the molecule is CCCC(CNC(C)C)N1CCc2ccccc2C1. The van der Waals surface area contributed by atoms with E-state index >= 15 is 0 Å². The van der Waals surface area contributed by atoms with Crippen molar-refractivity contribution in [2.45, 2.75) is 58.7 Å². The van der Waals surface area contributed by atoms with Gasteiger partial charge in [-0.15, -0.1) is 0 Å². The van der Waals surface area contributed by atoms with Crippen LogP contribution in [0.4, 0.5) is 0 Å². The maximum absolute atomic E-state index is 3.61. The Morgan fingerprint density at radius 3 is 2.63 bits per heavy atom. The largest absolute Gasteiger partial charge is 0.313 e. The van der Waals surface area contributed by atoms with Gasteiger partial charge in [0, 0.05) is 31.7 Å². The van der Waals surface area contributed by atoms with Crippen LogP contribution in [0.25, 0.3) is 0 Å². The van der Waals surface area contributed by atoms with Crippen molar-refractivity contribution < 1.29 is 0 Å². The first-order chi connectivity index (χ1) is 9.20. The van der Waals surface area contributed by atoms with Gasteiger partial charge >= 0.3 is 0 Å². The Morgan fingerprint density at radius 2 is 1.95 bits per heavy atom. The van der Waals surface area contributed by atoms with Crippen molar-refractivity contribution in [1.82, 2.24) is 10.2 Å². The number of rotatable bonds is 6. The normalized spacial score (nSPS) is 17.5. The Kier molecular flexibility index (Phi) is 5.41. The first kappa shape index (κ1) is 14.5. The minimum absolute atomic E-state index is 0.580. The molecule has 0 aromatic heterocycles. The number of benzene rings is 1. The molecule has 1 atom stereocenters. The van der Waals surface area contributed by atoms with Crippen LogP contribution >= 0.6 is 0 Å². The average molecular weight is 260 g/mol. The van der Waals surface area contributed by atoms with Crippen molar-refractivity contribution in [2.75, 3.05) is 13.1 Å². The smallest absolute Gasteiger partial charge is 0.0240 e. The van der Waals surface area contributed by atoms with Gasteiger partial charge < -0.3 is 5.32 Å². The van der Waals surface area contributed by atoms with Crippen LogP contribution in [0.2, 0.25) is 0 Å². The van der Waals surface area contributed by atoms with Gasteiger partial charge in [0.15, 0.2) is 0 Å². The second-order valence-corrected chi connectivity index (χ2v) is 5.99. The molecule has 0 fully saturated rings. The van der Waals surface area contributed by atoms with E-state index in [9.17, 15) is 0 Å². The summed E-state index contributed by atoms with van der Waals surface area (Å²) in [7, 11) is 0. The molecule has 1 aromatic carbocycles. The zero-order valence-electron chi connectivity index (χ0n) is 12.7. The van der Waals surface area contributed by atoms with Crippen molar-refractivity contribution in [3.8, 4) is 0 Å². The van der Waals surface area contributed by atoms with E-state index < -0.39 is 0 Å². The molecule has 1 unspecified atom stereocenters. The lowest BCUT2D eigenvalue weighted by atomic mass is 9.97. The lowest BCUT2D eigenvalue weighted by Crippen LogP contribution is -2.46. The van der Waals surface area contributed by atoms with Crippen LogP contribution in [-0.2, 0) is 13.0 Å². The third kappa shape index (κ3) is 4.05. The molecule has 0 saturated carbocycles. The minimum atomic E-state index is 0.580. The van der Waals surface area contributed by atoms with Crippen molar-refractivity contribution >= 4 is 0 Å². The zero-order chi connectivity index (χ0) is 13.7. The van der Waals surface area contributed by atoms with Gasteiger partial charge in [-0.3, -0.25) is 4.90 Å². The summed E-state index contributed by atoms with van der Waals surface area (Å²) in [5.41, 5.74) is 3.07. The van der Waals surface area contributed by atoms with E-state index in [1.807, 2.05) is 0 Å². The number of hydrogen-bond acceptors (Lipinski definition) is 2. The highest BCUT2D eigenvalue weighted by Crippen LogP contribution is 2.21. The molecule has 0 amide bonds.